The van der Waals surface area contributed by atoms with Gasteiger partial charge in [0.15, 0.2) is 6.29 Å². The molecule has 1 saturated carbocycles. The number of benzene rings is 1. The number of hydrogen-bond acceptors (Lipinski definition) is 4. The van der Waals surface area contributed by atoms with Crippen molar-refractivity contribution in [3.63, 3.8) is 0 Å². The van der Waals surface area contributed by atoms with E-state index in [0.29, 0.717) is 16.6 Å². The van der Waals surface area contributed by atoms with Crippen LogP contribution in [0.3, 0.4) is 0 Å². The number of nitrogens with zero attached hydrogens (tertiary/aromatic N) is 3. The average Bonchev–Trinajstić information content (AvgIpc) is 3.40. The van der Waals surface area contributed by atoms with Crippen LogP contribution < -0.4 is 9.64 Å². The van der Waals surface area contributed by atoms with Crippen molar-refractivity contribution in [3.8, 4) is 5.75 Å². The number of hydrogen-bond donors (Lipinski definition) is 0. The van der Waals surface area contributed by atoms with E-state index in [9.17, 15) is 4.79 Å². The highest BCUT2D eigenvalue weighted by Gasteiger charge is 2.34. The molecule has 25 heavy (non-hydrogen) atoms. The van der Waals surface area contributed by atoms with Crippen LogP contribution in [0.25, 0.3) is 0 Å². The Morgan fingerprint density at radius 2 is 1.84 bits per heavy atom. The zero-order chi connectivity index (χ0) is 17.4. The van der Waals surface area contributed by atoms with Crippen LogP contribution in [0.5, 0.6) is 5.75 Å². The normalized spacial score (nSPS) is 18.4. The molecule has 2 heterocycles. The summed E-state index contributed by atoms with van der Waals surface area (Å²) >= 11 is 5.92. The molecule has 0 N–H and O–H groups in total. The van der Waals surface area contributed by atoms with Crippen LogP contribution in [0.1, 0.15) is 47.8 Å². The largest absolute Gasteiger partial charge is 0.490 e. The topological polar surface area (TPSA) is 47.4 Å². The molecule has 0 amide bonds. The molecule has 2 aromatic rings. The summed E-state index contributed by atoms with van der Waals surface area (Å²) in [7, 11) is 1.94. The molecule has 0 radical (unpaired) electrons. The lowest BCUT2D eigenvalue weighted by Crippen LogP contribution is -2.39. The fraction of sp³-hybridized carbons (Fsp3) is 0.474. The summed E-state index contributed by atoms with van der Waals surface area (Å²) in [5.41, 5.74) is 2.84. The molecule has 2 fully saturated rings. The van der Waals surface area contributed by atoms with Gasteiger partial charge in [-0.25, -0.2) is 0 Å². The zero-order valence-electron chi connectivity index (χ0n) is 14.3. The number of carbonyl (C=O) groups excluding carboxylic acids is 1. The van der Waals surface area contributed by atoms with Crippen molar-refractivity contribution in [2.24, 2.45) is 7.05 Å². The number of aryl methyl sites for hydroxylation is 1. The van der Waals surface area contributed by atoms with Crippen molar-refractivity contribution in [2.45, 2.75) is 37.7 Å². The van der Waals surface area contributed by atoms with Gasteiger partial charge in [-0.1, -0.05) is 11.6 Å². The summed E-state index contributed by atoms with van der Waals surface area (Å²) in [6.45, 7) is 1.76. The first-order chi connectivity index (χ1) is 12.2. The van der Waals surface area contributed by atoms with Crippen LogP contribution >= 0.6 is 11.6 Å². The van der Waals surface area contributed by atoms with Crippen molar-refractivity contribution in [1.82, 2.24) is 9.78 Å². The molecule has 1 aliphatic carbocycles. The van der Waals surface area contributed by atoms with Crippen LogP contribution in [0.15, 0.2) is 24.3 Å². The van der Waals surface area contributed by atoms with Gasteiger partial charge >= 0.3 is 0 Å². The van der Waals surface area contributed by atoms with Crippen molar-refractivity contribution in [1.29, 1.82) is 0 Å². The molecule has 0 atom stereocenters. The van der Waals surface area contributed by atoms with Gasteiger partial charge in [0.05, 0.1) is 11.4 Å². The first kappa shape index (κ1) is 16.5. The Balaban J connectivity index is 1.45. The predicted molar refractivity (Wildman–Crippen MR) is 97.9 cm³/mol. The van der Waals surface area contributed by atoms with E-state index < -0.39 is 0 Å². The molecule has 1 saturated heterocycles. The lowest BCUT2D eigenvalue weighted by atomic mass is 10.1. The van der Waals surface area contributed by atoms with Gasteiger partial charge in [0.25, 0.3) is 0 Å². The van der Waals surface area contributed by atoms with Crippen molar-refractivity contribution in [2.75, 3.05) is 18.0 Å². The van der Waals surface area contributed by atoms with E-state index in [2.05, 4.69) is 10.00 Å². The number of carbonyl (C=O) groups is 1. The number of aldehydes is 1. The zero-order valence-corrected chi connectivity index (χ0v) is 15.1. The van der Waals surface area contributed by atoms with Gasteiger partial charge in [0, 0.05) is 43.9 Å². The second kappa shape index (κ2) is 6.71. The minimum Gasteiger partial charge on any atom is -0.490 e. The summed E-state index contributed by atoms with van der Waals surface area (Å²) < 4.78 is 7.97. The van der Waals surface area contributed by atoms with E-state index in [1.54, 1.807) is 0 Å². The third-order valence-electron chi connectivity index (χ3n) is 5.04. The van der Waals surface area contributed by atoms with Crippen LogP contribution in [0.4, 0.5) is 5.69 Å². The number of rotatable bonds is 5. The molecule has 5 nitrogen and oxygen atoms in total. The summed E-state index contributed by atoms with van der Waals surface area (Å²) in [6.07, 6.45) is 5.33. The number of piperidine rings is 1. The molecular formula is C19H22ClN3O2. The minimum atomic E-state index is 0.193. The molecule has 6 heteroatoms. The van der Waals surface area contributed by atoms with Gasteiger partial charge in [-0.3, -0.25) is 9.48 Å². The Bertz CT molecular complexity index is 760. The molecular weight excluding hydrogens is 338 g/mol. The third kappa shape index (κ3) is 3.38. The van der Waals surface area contributed by atoms with Crippen LogP contribution in [-0.2, 0) is 7.05 Å². The molecule has 132 valence electrons. The molecule has 0 unspecified atom stereocenters. The summed E-state index contributed by atoms with van der Waals surface area (Å²) in [5.74, 6) is 1.42. The number of anilines is 1. The highest BCUT2D eigenvalue weighted by Crippen LogP contribution is 2.45. The minimum absolute atomic E-state index is 0.193. The molecule has 1 aromatic heterocycles. The van der Waals surface area contributed by atoms with Gasteiger partial charge in [-0.2, -0.15) is 5.10 Å². The summed E-state index contributed by atoms with van der Waals surface area (Å²) in [4.78, 5) is 13.8. The average molecular weight is 360 g/mol. The maximum Gasteiger partial charge on any atom is 0.172 e. The molecule has 1 aromatic carbocycles. The maximum atomic E-state index is 11.5. The number of aromatic nitrogens is 2. The Kier molecular flexibility index (Phi) is 4.42. The maximum absolute atomic E-state index is 11.5. The molecule has 1 aliphatic heterocycles. The van der Waals surface area contributed by atoms with Crippen molar-refractivity contribution >= 4 is 23.6 Å². The van der Waals surface area contributed by atoms with E-state index in [1.165, 1.54) is 18.5 Å². The smallest absolute Gasteiger partial charge is 0.172 e. The van der Waals surface area contributed by atoms with Crippen LogP contribution in [-0.4, -0.2) is 35.3 Å². The van der Waals surface area contributed by atoms with Crippen molar-refractivity contribution in [3.05, 3.63) is 40.7 Å². The quantitative estimate of drug-likeness (QED) is 0.761. The Labute approximate surface area is 152 Å². The van der Waals surface area contributed by atoms with E-state index in [0.717, 1.165) is 43.7 Å². The Morgan fingerprint density at radius 3 is 2.44 bits per heavy atom. The van der Waals surface area contributed by atoms with Gasteiger partial charge in [-0.15, -0.1) is 0 Å². The first-order valence-corrected chi connectivity index (χ1v) is 9.22. The highest BCUT2D eigenvalue weighted by molar-refractivity contribution is 6.30. The summed E-state index contributed by atoms with van der Waals surface area (Å²) in [5, 5.41) is 5.14. The first-order valence-electron chi connectivity index (χ1n) is 8.85. The monoisotopic (exact) mass is 359 g/mol. The predicted octanol–water partition coefficient (Wildman–Crippen LogP) is 3.81. The number of ether oxygens (including phenoxy) is 1. The van der Waals surface area contributed by atoms with Gasteiger partial charge in [-0.05, 0) is 37.1 Å². The highest BCUT2D eigenvalue weighted by atomic mass is 35.5. The van der Waals surface area contributed by atoms with Crippen LogP contribution in [0, 0.1) is 0 Å². The van der Waals surface area contributed by atoms with Gasteiger partial charge in [0.1, 0.15) is 17.5 Å². The third-order valence-corrected chi connectivity index (χ3v) is 5.29. The second-order valence-corrected chi connectivity index (χ2v) is 7.33. The van der Waals surface area contributed by atoms with Crippen LogP contribution in [0.2, 0.25) is 5.02 Å². The summed E-state index contributed by atoms with van der Waals surface area (Å²) in [6, 6.07) is 7.51. The van der Waals surface area contributed by atoms with Crippen molar-refractivity contribution < 1.29 is 9.53 Å². The van der Waals surface area contributed by atoms with E-state index in [1.807, 2.05) is 36.0 Å². The fourth-order valence-corrected chi connectivity index (χ4v) is 3.79. The standard InChI is InChI=1S/C19H22ClN3O2/c1-22-18(13-2-3-13)19(17(12-24)21-22)23-10-8-16(9-11-23)25-15-6-4-14(20)5-7-15/h4-7,12-13,16H,2-3,8-11H2,1H3. The lowest BCUT2D eigenvalue weighted by molar-refractivity contribution is 0.111. The lowest BCUT2D eigenvalue weighted by Gasteiger charge is -2.34. The van der Waals surface area contributed by atoms with E-state index >= 15 is 0 Å². The molecule has 0 spiro atoms. The van der Waals surface area contributed by atoms with E-state index in [4.69, 9.17) is 16.3 Å². The Morgan fingerprint density at radius 1 is 1.16 bits per heavy atom. The molecule has 4 rings (SSSR count). The SMILES string of the molecule is Cn1nc(C=O)c(N2CCC(Oc3ccc(Cl)cc3)CC2)c1C1CC1. The molecule has 0 bridgehead atoms. The van der Waals surface area contributed by atoms with Gasteiger partial charge < -0.3 is 9.64 Å². The molecule has 2 aliphatic rings. The van der Waals surface area contributed by atoms with Gasteiger partial charge in [0.2, 0.25) is 0 Å². The second-order valence-electron chi connectivity index (χ2n) is 6.89. The van der Waals surface area contributed by atoms with E-state index in [-0.39, 0.29) is 6.10 Å². The Hall–Kier alpha value is -2.01. The fourth-order valence-electron chi connectivity index (χ4n) is 3.67. The number of halogens is 1.